The van der Waals surface area contributed by atoms with E-state index in [1.165, 1.54) is 5.56 Å². The molecule has 0 radical (unpaired) electrons. The number of nitrogens with two attached hydrogens (primary N) is 1. The number of hydrogen-bond donors (Lipinski definition) is 2. The number of hydrogen-bond acceptors (Lipinski definition) is 4. The lowest BCUT2D eigenvalue weighted by Gasteiger charge is -2.09. The number of fused-ring (bicyclic) bond motifs is 1. The molecule has 0 spiro atoms. The van der Waals surface area contributed by atoms with Crippen LogP contribution in [0.1, 0.15) is 18.4 Å². The van der Waals surface area contributed by atoms with E-state index in [0.29, 0.717) is 12.2 Å². The van der Waals surface area contributed by atoms with E-state index in [4.69, 9.17) is 10.7 Å². The number of nitrogens with one attached hydrogen (secondary N) is 1. The van der Waals surface area contributed by atoms with E-state index in [2.05, 4.69) is 41.1 Å². The fourth-order valence-electron chi connectivity index (χ4n) is 2.64. The Balaban J connectivity index is 1.77. The van der Waals surface area contributed by atoms with Gasteiger partial charge in [-0.3, -0.25) is 14.7 Å². The largest absolute Gasteiger partial charge is 0.351 e. The monoisotopic (exact) mass is 368 g/mol. The summed E-state index contributed by atoms with van der Waals surface area (Å²) in [6.07, 6.45) is 0.877. The minimum Gasteiger partial charge on any atom is -0.351 e. The zero-order valence-electron chi connectivity index (χ0n) is 14.4. The minimum atomic E-state index is -0.816. The molecular weight excluding hydrogens is 348 g/mol. The van der Waals surface area contributed by atoms with Crippen LogP contribution in [-0.4, -0.2) is 27.2 Å². The number of imidazole rings is 1. The topological polar surface area (TPSA) is 90.0 Å². The summed E-state index contributed by atoms with van der Waals surface area (Å²) in [5.74, 6) is 0.353. The molecule has 1 aromatic heterocycles. The smallest absolute Gasteiger partial charge is 0.318 e. The van der Waals surface area contributed by atoms with Gasteiger partial charge < -0.3 is 5.73 Å². The maximum atomic E-state index is 11.5. The fraction of sp³-hybridized carbons (Fsp3) is 0.211. The van der Waals surface area contributed by atoms with Gasteiger partial charge in [-0.05, 0) is 37.6 Å². The number of aromatic nitrogens is 2. The highest BCUT2D eigenvalue weighted by molar-refractivity contribution is 7.99. The van der Waals surface area contributed by atoms with Gasteiger partial charge in [0, 0.05) is 17.9 Å². The van der Waals surface area contributed by atoms with Crippen LogP contribution in [0.4, 0.5) is 4.79 Å². The van der Waals surface area contributed by atoms with Gasteiger partial charge in [-0.1, -0.05) is 41.6 Å². The third-order valence-corrected chi connectivity index (χ3v) is 4.89. The normalized spacial score (nSPS) is 10.8. The first-order valence-corrected chi connectivity index (χ1v) is 9.30. The molecule has 0 saturated heterocycles. The van der Waals surface area contributed by atoms with Gasteiger partial charge in [-0.2, -0.15) is 0 Å². The van der Waals surface area contributed by atoms with Crippen LogP contribution in [0.15, 0.2) is 53.7 Å². The van der Waals surface area contributed by atoms with E-state index in [9.17, 15) is 9.59 Å². The summed E-state index contributed by atoms with van der Waals surface area (Å²) in [6, 6.07) is 15.5. The second-order valence-corrected chi connectivity index (χ2v) is 6.98. The second kappa shape index (κ2) is 8.05. The number of urea groups is 1. The lowest BCUT2D eigenvalue weighted by atomic mass is 10.2. The summed E-state index contributed by atoms with van der Waals surface area (Å²) in [5.41, 5.74) is 9.17. The van der Waals surface area contributed by atoms with Crippen molar-refractivity contribution in [2.75, 3.05) is 5.75 Å². The molecule has 7 heteroatoms. The fourth-order valence-corrected chi connectivity index (χ4v) is 3.61. The van der Waals surface area contributed by atoms with E-state index < -0.39 is 6.03 Å². The third-order valence-electron chi connectivity index (χ3n) is 3.86. The van der Waals surface area contributed by atoms with Crippen molar-refractivity contribution in [3.05, 3.63) is 54.1 Å². The average molecular weight is 368 g/mol. The first kappa shape index (κ1) is 18.0. The van der Waals surface area contributed by atoms with Crippen LogP contribution in [0.25, 0.3) is 16.7 Å². The minimum absolute atomic E-state index is 0.251. The van der Waals surface area contributed by atoms with Crippen molar-refractivity contribution in [2.24, 2.45) is 5.73 Å². The molecular formula is C19H20N4O2S. The molecule has 3 amide bonds. The molecule has 2 aromatic carbocycles. The molecule has 6 nitrogen and oxygen atoms in total. The highest BCUT2D eigenvalue weighted by Crippen LogP contribution is 2.28. The first-order chi connectivity index (χ1) is 12.5. The van der Waals surface area contributed by atoms with Crippen LogP contribution in [-0.2, 0) is 4.79 Å². The number of primary amides is 1. The summed E-state index contributed by atoms with van der Waals surface area (Å²) in [7, 11) is 0. The van der Waals surface area contributed by atoms with Gasteiger partial charge >= 0.3 is 6.03 Å². The Bertz CT molecular complexity index is 934. The number of nitrogens with zero attached hydrogens (tertiary/aromatic N) is 2. The average Bonchev–Trinajstić information content (AvgIpc) is 2.97. The van der Waals surface area contributed by atoms with Crippen LogP contribution in [0.3, 0.4) is 0 Å². The maximum Gasteiger partial charge on any atom is 0.318 e. The molecule has 0 aliphatic rings. The zero-order valence-corrected chi connectivity index (χ0v) is 15.3. The van der Waals surface area contributed by atoms with E-state index in [-0.39, 0.29) is 12.3 Å². The van der Waals surface area contributed by atoms with Gasteiger partial charge in [-0.25, -0.2) is 9.78 Å². The summed E-state index contributed by atoms with van der Waals surface area (Å²) in [6.45, 7) is 2.06. The predicted molar refractivity (Wildman–Crippen MR) is 103 cm³/mol. The Labute approximate surface area is 155 Å². The van der Waals surface area contributed by atoms with E-state index in [0.717, 1.165) is 21.9 Å². The van der Waals surface area contributed by atoms with Crippen LogP contribution in [0.2, 0.25) is 0 Å². The van der Waals surface area contributed by atoms with Gasteiger partial charge in [-0.15, -0.1) is 0 Å². The lowest BCUT2D eigenvalue weighted by Crippen LogP contribution is -2.34. The van der Waals surface area contributed by atoms with Gasteiger partial charge in [0.1, 0.15) is 0 Å². The summed E-state index contributed by atoms with van der Waals surface area (Å²) in [5, 5.41) is 2.96. The van der Waals surface area contributed by atoms with Crippen molar-refractivity contribution in [2.45, 2.75) is 24.9 Å². The second-order valence-electron chi connectivity index (χ2n) is 5.92. The molecule has 0 fully saturated rings. The molecule has 134 valence electrons. The highest BCUT2D eigenvalue weighted by atomic mass is 32.2. The van der Waals surface area contributed by atoms with Crippen molar-refractivity contribution in [3.8, 4) is 5.69 Å². The van der Waals surface area contributed by atoms with Crippen molar-refractivity contribution < 1.29 is 9.59 Å². The quantitative estimate of drug-likeness (QED) is 0.515. The van der Waals surface area contributed by atoms with Crippen LogP contribution in [0, 0.1) is 6.92 Å². The van der Waals surface area contributed by atoms with Gasteiger partial charge in [0.2, 0.25) is 5.91 Å². The van der Waals surface area contributed by atoms with Crippen molar-refractivity contribution in [3.63, 3.8) is 0 Å². The number of thioether (sulfide) groups is 1. The molecule has 0 aliphatic carbocycles. The van der Waals surface area contributed by atoms with Crippen molar-refractivity contribution >= 4 is 34.7 Å². The van der Waals surface area contributed by atoms with E-state index >= 15 is 0 Å². The van der Waals surface area contributed by atoms with E-state index in [1.54, 1.807) is 11.8 Å². The number of aryl methyl sites for hydroxylation is 1. The maximum absolute atomic E-state index is 11.5. The standard InChI is InChI=1S/C19H20N4O2S/c1-13-8-10-14(11-9-13)23-16-6-3-2-5-15(16)21-19(23)26-12-4-7-17(24)22-18(20)25/h2-3,5-6,8-11H,4,7,12H2,1H3,(H3,20,22,24,25). The number of benzene rings is 2. The SMILES string of the molecule is Cc1ccc(-n2c(SCCCC(=O)NC(N)=O)nc3ccccc32)cc1. The predicted octanol–water partition coefficient (Wildman–Crippen LogP) is 3.40. The number of para-hydroxylation sites is 2. The zero-order chi connectivity index (χ0) is 18.5. The molecule has 1 heterocycles. The molecule has 0 atom stereocenters. The summed E-state index contributed by atoms with van der Waals surface area (Å²) >= 11 is 1.59. The first-order valence-electron chi connectivity index (χ1n) is 8.31. The van der Waals surface area contributed by atoms with Crippen LogP contribution < -0.4 is 11.1 Å². The number of rotatable bonds is 6. The number of imide groups is 1. The molecule has 0 aliphatic heterocycles. The summed E-state index contributed by atoms with van der Waals surface area (Å²) in [4.78, 5) is 26.9. The number of carbonyl (C=O) groups is 2. The van der Waals surface area contributed by atoms with Crippen LogP contribution >= 0.6 is 11.8 Å². The Morgan fingerprint density at radius 2 is 1.88 bits per heavy atom. The Morgan fingerprint density at radius 1 is 1.15 bits per heavy atom. The number of carbonyl (C=O) groups excluding carboxylic acids is 2. The van der Waals surface area contributed by atoms with Crippen molar-refractivity contribution in [1.29, 1.82) is 0 Å². The highest BCUT2D eigenvalue weighted by Gasteiger charge is 2.13. The summed E-state index contributed by atoms with van der Waals surface area (Å²) < 4.78 is 2.13. The third kappa shape index (κ3) is 4.23. The van der Waals surface area contributed by atoms with Gasteiger partial charge in [0.05, 0.1) is 11.0 Å². The molecule has 0 unspecified atom stereocenters. The Kier molecular flexibility index (Phi) is 5.58. The van der Waals surface area contributed by atoms with Crippen LogP contribution in [0.5, 0.6) is 0 Å². The Hall–Kier alpha value is -2.80. The molecule has 3 N–H and O–H groups in total. The lowest BCUT2D eigenvalue weighted by molar-refractivity contribution is -0.119. The molecule has 0 saturated carbocycles. The van der Waals surface area contributed by atoms with Gasteiger partial charge in [0.25, 0.3) is 0 Å². The Morgan fingerprint density at radius 3 is 2.62 bits per heavy atom. The van der Waals surface area contributed by atoms with E-state index in [1.807, 2.05) is 24.3 Å². The molecule has 3 rings (SSSR count). The molecule has 3 aromatic rings. The molecule has 0 bridgehead atoms. The number of amides is 3. The van der Waals surface area contributed by atoms with Crippen molar-refractivity contribution in [1.82, 2.24) is 14.9 Å². The molecule has 26 heavy (non-hydrogen) atoms. The van der Waals surface area contributed by atoms with Gasteiger partial charge in [0.15, 0.2) is 5.16 Å².